The van der Waals surface area contributed by atoms with Gasteiger partial charge in [-0.1, -0.05) is 0 Å². The zero-order chi connectivity index (χ0) is 14.0. The average Bonchev–Trinajstić information content (AvgIpc) is 2.41. The number of rotatable bonds is 3. The van der Waals surface area contributed by atoms with Crippen molar-refractivity contribution in [3.63, 3.8) is 0 Å². The van der Waals surface area contributed by atoms with Crippen LogP contribution in [-0.4, -0.2) is 37.3 Å². The van der Waals surface area contributed by atoms with E-state index in [1.54, 1.807) is 11.9 Å². The van der Waals surface area contributed by atoms with Gasteiger partial charge in [-0.05, 0) is 31.5 Å². The number of halogens is 2. The van der Waals surface area contributed by atoms with Crippen LogP contribution in [0.4, 0.5) is 14.5 Å². The minimum absolute atomic E-state index is 0.0818. The highest BCUT2D eigenvalue weighted by molar-refractivity contribution is 5.88. The normalized spacial score (nSPS) is 19.2. The van der Waals surface area contributed by atoms with Crippen molar-refractivity contribution in [2.45, 2.75) is 18.9 Å². The monoisotopic (exact) mass is 270 g/mol. The fraction of sp³-hybridized carbons (Fsp3) is 0.462. The Balaban J connectivity index is 2.29. The molecule has 4 nitrogen and oxygen atoms in total. The van der Waals surface area contributed by atoms with Gasteiger partial charge in [0.25, 0.3) is 0 Å². The Labute approximate surface area is 110 Å². The third kappa shape index (κ3) is 2.68. The van der Waals surface area contributed by atoms with Gasteiger partial charge >= 0.3 is 5.97 Å². The summed E-state index contributed by atoms with van der Waals surface area (Å²) in [4.78, 5) is 12.4. The highest BCUT2D eigenvalue weighted by Crippen LogP contribution is 2.26. The molecule has 0 amide bonds. The van der Waals surface area contributed by atoms with E-state index in [0.717, 1.165) is 25.5 Å². The summed E-state index contributed by atoms with van der Waals surface area (Å²) >= 11 is 0. The number of benzene rings is 1. The third-order valence-electron chi connectivity index (χ3n) is 3.49. The van der Waals surface area contributed by atoms with E-state index in [4.69, 9.17) is 5.11 Å². The van der Waals surface area contributed by atoms with E-state index in [1.165, 1.54) is 6.07 Å². The molecular formula is C13H16F2N2O2. The summed E-state index contributed by atoms with van der Waals surface area (Å²) in [5.41, 5.74) is -0.549. The van der Waals surface area contributed by atoms with Crippen LogP contribution in [0, 0.1) is 11.6 Å². The zero-order valence-corrected chi connectivity index (χ0v) is 10.6. The molecule has 0 aromatic heterocycles. The van der Waals surface area contributed by atoms with Crippen LogP contribution < -0.4 is 10.2 Å². The first-order valence-electron chi connectivity index (χ1n) is 6.17. The lowest BCUT2D eigenvalue weighted by Crippen LogP contribution is -2.44. The van der Waals surface area contributed by atoms with E-state index in [9.17, 15) is 13.6 Å². The summed E-state index contributed by atoms with van der Waals surface area (Å²) < 4.78 is 27.6. The number of hydrogen-bond donors (Lipinski definition) is 2. The van der Waals surface area contributed by atoms with Gasteiger partial charge in [-0.2, -0.15) is 0 Å². The van der Waals surface area contributed by atoms with E-state index in [2.05, 4.69) is 5.32 Å². The van der Waals surface area contributed by atoms with Gasteiger partial charge in [-0.25, -0.2) is 13.6 Å². The number of piperidine rings is 1. The first kappa shape index (κ1) is 13.7. The van der Waals surface area contributed by atoms with Gasteiger partial charge in [-0.3, -0.25) is 0 Å². The van der Waals surface area contributed by atoms with Gasteiger partial charge in [0.2, 0.25) is 0 Å². The van der Waals surface area contributed by atoms with Gasteiger partial charge < -0.3 is 15.3 Å². The fourth-order valence-electron chi connectivity index (χ4n) is 2.34. The summed E-state index contributed by atoms with van der Waals surface area (Å²) in [6.07, 6.45) is 1.87. The lowest BCUT2D eigenvalue weighted by atomic mass is 10.0. The number of anilines is 1. The maximum Gasteiger partial charge on any atom is 0.338 e. The maximum absolute atomic E-state index is 13.9. The molecule has 1 fully saturated rings. The molecule has 0 aliphatic carbocycles. The summed E-state index contributed by atoms with van der Waals surface area (Å²) in [6, 6.07) is 2.50. The fourth-order valence-corrected chi connectivity index (χ4v) is 2.34. The number of likely N-dealkylation sites (N-methyl/N-ethyl adjacent to an activating group) is 1. The van der Waals surface area contributed by atoms with Gasteiger partial charge in [-0.15, -0.1) is 0 Å². The first-order chi connectivity index (χ1) is 9.02. The molecule has 1 saturated heterocycles. The Morgan fingerprint density at radius 1 is 1.42 bits per heavy atom. The van der Waals surface area contributed by atoms with Crippen molar-refractivity contribution in [2.24, 2.45) is 0 Å². The molecule has 104 valence electrons. The van der Waals surface area contributed by atoms with E-state index in [1.807, 2.05) is 0 Å². The zero-order valence-electron chi connectivity index (χ0n) is 10.6. The lowest BCUT2D eigenvalue weighted by Gasteiger charge is -2.33. The third-order valence-corrected chi connectivity index (χ3v) is 3.49. The Bertz CT molecular complexity index is 488. The van der Waals surface area contributed by atoms with Crippen molar-refractivity contribution in [3.8, 4) is 0 Å². The second kappa shape index (κ2) is 5.52. The number of carbonyl (C=O) groups is 1. The van der Waals surface area contributed by atoms with Crippen LogP contribution in [-0.2, 0) is 0 Å². The molecule has 1 unspecified atom stereocenters. The molecule has 2 N–H and O–H groups in total. The highest BCUT2D eigenvalue weighted by atomic mass is 19.2. The maximum atomic E-state index is 13.9. The summed E-state index contributed by atoms with van der Waals surface area (Å²) in [6.45, 7) is 1.64. The van der Waals surface area contributed by atoms with Crippen molar-refractivity contribution in [2.75, 3.05) is 25.0 Å². The van der Waals surface area contributed by atoms with E-state index in [0.29, 0.717) is 6.54 Å². The Morgan fingerprint density at radius 2 is 2.16 bits per heavy atom. The van der Waals surface area contributed by atoms with Crippen molar-refractivity contribution in [1.82, 2.24) is 5.32 Å². The molecule has 1 aliphatic heterocycles. The molecule has 19 heavy (non-hydrogen) atoms. The van der Waals surface area contributed by atoms with Crippen LogP contribution >= 0.6 is 0 Å². The number of aromatic carboxylic acids is 1. The molecule has 1 aliphatic rings. The second-order valence-corrected chi connectivity index (χ2v) is 4.68. The summed E-state index contributed by atoms with van der Waals surface area (Å²) in [5, 5.41) is 11.9. The molecule has 1 atom stereocenters. The Kier molecular flexibility index (Phi) is 3.99. The summed E-state index contributed by atoms with van der Waals surface area (Å²) in [5.74, 6) is -3.88. The van der Waals surface area contributed by atoms with Crippen molar-refractivity contribution in [1.29, 1.82) is 0 Å². The Hall–Kier alpha value is -1.69. The molecule has 0 saturated carbocycles. The standard InChI is InChI=1S/C13H16F2N2O2/c1-17(8-3-2-6-16-7-8)10-5-4-9(13(18)19)11(14)12(10)15/h4-5,8,16H,2-3,6-7H2,1H3,(H,18,19). The second-order valence-electron chi connectivity index (χ2n) is 4.68. The van der Waals surface area contributed by atoms with Crippen molar-refractivity contribution in [3.05, 3.63) is 29.3 Å². The molecule has 0 spiro atoms. The van der Waals surface area contributed by atoms with E-state index < -0.39 is 23.2 Å². The van der Waals surface area contributed by atoms with Crippen LogP contribution in [0.2, 0.25) is 0 Å². The Morgan fingerprint density at radius 3 is 2.74 bits per heavy atom. The van der Waals surface area contributed by atoms with E-state index in [-0.39, 0.29) is 11.7 Å². The molecule has 1 aromatic carbocycles. The predicted molar refractivity (Wildman–Crippen MR) is 67.6 cm³/mol. The van der Waals surface area contributed by atoms with Gasteiger partial charge in [0.1, 0.15) is 0 Å². The molecular weight excluding hydrogens is 254 g/mol. The number of carboxylic acids is 1. The van der Waals surface area contributed by atoms with E-state index >= 15 is 0 Å². The van der Waals surface area contributed by atoms with Gasteiger partial charge in [0.15, 0.2) is 11.6 Å². The molecule has 1 aromatic rings. The summed E-state index contributed by atoms with van der Waals surface area (Å²) in [7, 11) is 1.69. The molecule has 0 radical (unpaired) electrons. The predicted octanol–water partition coefficient (Wildman–Crippen LogP) is 1.85. The number of hydrogen-bond acceptors (Lipinski definition) is 3. The molecule has 0 bridgehead atoms. The highest BCUT2D eigenvalue weighted by Gasteiger charge is 2.24. The van der Waals surface area contributed by atoms with Crippen LogP contribution in [0.1, 0.15) is 23.2 Å². The van der Waals surface area contributed by atoms with Crippen LogP contribution in [0.15, 0.2) is 12.1 Å². The lowest BCUT2D eigenvalue weighted by molar-refractivity contribution is 0.0690. The van der Waals surface area contributed by atoms with Crippen LogP contribution in [0.25, 0.3) is 0 Å². The number of nitrogens with zero attached hydrogens (tertiary/aromatic N) is 1. The molecule has 6 heteroatoms. The first-order valence-corrected chi connectivity index (χ1v) is 6.17. The van der Waals surface area contributed by atoms with Crippen LogP contribution in [0.3, 0.4) is 0 Å². The van der Waals surface area contributed by atoms with Gasteiger partial charge in [0.05, 0.1) is 11.3 Å². The quantitative estimate of drug-likeness (QED) is 0.880. The minimum Gasteiger partial charge on any atom is -0.478 e. The van der Waals surface area contributed by atoms with Crippen molar-refractivity contribution < 1.29 is 18.7 Å². The van der Waals surface area contributed by atoms with Crippen LogP contribution in [0.5, 0.6) is 0 Å². The number of carboxylic acid groups (broad SMARTS) is 1. The molecule has 1 heterocycles. The topological polar surface area (TPSA) is 52.6 Å². The smallest absolute Gasteiger partial charge is 0.338 e. The van der Waals surface area contributed by atoms with Gasteiger partial charge in [0, 0.05) is 19.6 Å². The average molecular weight is 270 g/mol. The molecule has 2 rings (SSSR count). The minimum atomic E-state index is -1.47. The largest absolute Gasteiger partial charge is 0.478 e. The van der Waals surface area contributed by atoms with Crippen molar-refractivity contribution >= 4 is 11.7 Å². The number of nitrogens with one attached hydrogen (secondary N) is 1. The SMILES string of the molecule is CN(c1ccc(C(=O)O)c(F)c1F)C1CCCNC1.